The molecule has 6 heteroatoms. The molecule has 0 aliphatic rings. The average molecular weight is 446 g/mol. The lowest BCUT2D eigenvalue weighted by Gasteiger charge is -2.22. The number of hydrogen-bond acceptors (Lipinski definition) is 5. The van der Waals surface area contributed by atoms with Gasteiger partial charge in [0, 0.05) is 19.3 Å². The summed E-state index contributed by atoms with van der Waals surface area (Å²) in [5.74, 6) is -0.835. The van der Waals surface area contributed by atoms with Gasteiger partial charge in [-0.05, 0) is 36.6 Å². The van der Waals surface area contributed by atoms with Crippen LogP contribution in [0.15, 0.2) is 43.1 Å². The number of phenols is 1. The van der Waals surface area contributed by atoms with Gasteiger partial charge in [-0.2, -0.15) is 0 Å². The zero-order valence-electron chi connectivity index (χ0n) is 19.7. The Morgan fingerprint density at radius 3 is 2.62 bits per heavy atom. The minimum Gasteiger partial charge on any atom is -0.507 e. The first-order chi connectivity index (χ1) is 15.3. The number of aliphatic hydroxyl groups excluding tert-OH is 1. The van der Waals surface area contributed by atoms with E-state index in [0.717, 1.165) is 25.7 Å². The van der Waals surface area contributed by atoms with Gasteiger partial charge in [0.25, 0.3) is 0 Å². The van der Waals surface area contributed by atoms with E-state index >= 15 is 0 Å². The SMILES string of the molecule is C=CCc1cccc(O)c1C(=O)OC(C/C=C/NC(=O)CCCCCC)CC(O)C(C)C. The monoisotopic (exact) mass is 445 g/mol. The number of nitrogens with one attached hydrogen (secondary N) is 1. The van der Waals surface area contributed by atoms with Crippen LogP contribution >= 0.6 is 0 Å². The third-order valence-corrected chi connectivity index (χ3v) is 5.26. The van der Waals surface area contributed by atoms with E-state index in [1.807, 2.05) is 13.8 Å². The molecule has 0 saturated carbocycles. The van der Waals surface area contributed by atoms with Gasteiger partial charge in [-0.25, -0.2) is 4.79 Å². The molecule has 0 spiro atoms. The van der Waals surface area contributed by atoms with Crippen molar-refractivity contribution in [3.8, 4) is 5.75 Å². The third kappa shape index (κ3) is 10.1. The Morgan fingerprint density at radius 2 is 1.97 bits per heavy atom. The molecule has 0 heterocycles. The molecule has 2 atom stereocenters. The second kappa shape index (κ2) is 15.2. The molecule has 0 saturated heterocycles. The molecule has 0 aromatic heterocycles. The lowest BCUT2D eigenvalue weighted by Crippen LogP contribution is -2.27. The highest BCUT2D eigenvalue weighted by Gasteiger charge is 2.24. The number of ether oxygens (including phenoxy) is 1. The number of esters is 1. The predicted molar refractivity (Wildman–Crippen MR) is 127 cm³/mol. The first kappa shape index (κ1) is 27.4. The van der Waals surface area contributed by atoms with Crippen molar-refractivity contribution in [1.82, 2.24) is 5.32 Å². The van der Waals surface area contributed by atoms with Gasteiger partial charge in [0.15, 0.2) is 0 Å². The molecule has 6 nitrogen and oxygen atoms in total. The summed E-state index contributed by atoms with van der Waals surface area (Å²) in [6.45, 7) is 9.60. The van der Waals surface area contributed by atoms with Gasteiger partial charge in [0.2, 0.25) is 5.91 Å². The van der Waals surface area contributed by atoms with Crippen molar-refractivity contribution in [1.29, 1.82) is 0 Å². The fourth-order valence-electron chi connectivity index (χ4n) is 3.25. The van der Waals surface area contributed by atoms with Crippen LogP contribution in [0.25, 0.3) is 0 Å². The van der Waals surface area contributed by atoms with Gasteiger partial charge in [0.05, 0.1) is 6.10 Å². The van der Waals surface area contributed by atoms with Crippen molar-refractivity contribution in [2.45, 2.75) is 84.3 Å². The van der Waals surface area contributed by atoms with E-state index in [-0.39, 0.29) is 29.6 Å². The maximum absolute atomic E-state index is 12.8. The number of hydrogen-bond donors (Lipinski definition) is 3. The number of unbranched alkanes of at least 4 members (excludes halogenated alkanes) is 3. The third-order valence-electron chi connectivity index (χ3n) is 5.26. The fraction of sp³-hybridized carbons (Fsp3) is 0.538. The van der Waals surface area contributed by atoms with Crippen LogP contribution in [-0.4, -0.2) is 34.3 Å². The van der Waals surface area contributed by atoms with Crippen molar-refractivity contribution < 1.29 is 24.5 Å². The van der Waals surface area contributed by atoms with Gasteiger partial charge in [0.1, 0.15) is 17.4 Å². The van der Waals surface area contributed by atoms with E-state index < -0.39 is 18.2 Å². The largest absolute Gasteiger partial charge is 0.507 e. The predicted octanol–water partition coefficient (Wildman–Crippen LogP) is 5.04. The Hall–Kier alpha value is -2.60. The highest BCUT2D eigenvalue weighted by Crippen LogP contribution is 2.25. The number of phenolic OH excluding ortho intramolecular Hbond substituents is 1. The standard InChI is InChI=1S/C26H39NO5/c1-5-7-8-9-16-24(30)27-17-11-14-21(18-23(29)19(3)4)32-26(31)25-20(12-6-2)13-10-15-22(25)28/h6,10-11,13,15,17,19,21,23,28-29H,2,5,7-9,12,14,16,18H2,1,3-4H3,(H,27,30)/b17-11+. The summed E-state index contributed by atoms with van der Waals surface area (Å²) in [6, 6.07) is 4.85. The lowest BCUT2D eigenvalue weighted by atomic mass is 9.99. The van der Waals surface area contributed by atoms with Crippen LogP contribution in [0.2, 0.25) is 0 Å². The van der Waals surface area contributed by atoms with Gasteiger partial charge in [-0.1, -0.05) is 64.3 Å². The molecular formula is C26H39NO5. The molecule has 3 N–H and O–H groups in total. The second-order valence-electron chi connectivity index (χ2n) is 8.39. The Morgan fingerprint density at radius 1 is 1.22 bits per heavy atom. The molecule has 0 aliphatic heterocycles. The van der Waals surface area contributed by atoms with E-state index in [9.17, 15) is 19.8 Å². The Balaban J connectivity index is 2.78. The first-order valence-corrected chi connectivity index (χ1v) is 11.5. The summed E-state index contributed by atoms with van der Waals surface area (Å²) < 4.78 is 5.67. The summed E-state index contributed by atoms with van der Waals surface area (Å²) in [5, 5.41) is 23.3. The first-order valence-electron chi connectivity index (χ1n) is 11.5. The van der Waals surface area contributed by atoms with Gasteiger partial charge >= 0.3 is 5.97 Å². The van der Waals surface area contributed by atoms with E-state index in [1.54, 1.807) is 30.5 Å². The van der Waals surface area contributed by atoms with Crippen molar-refractivity contribution in [3.63, 3.8) is 0 Å². The van der Waals surface area contributed by atoms with E-state index in [0.29, 0.717) is 24.8 Å². The van der Waals surface area contributed by atoms with Crippen molar-refractivity contribution in [2.75, 3.05) is 0 Å². The summed E-state index contributed by atoms with van der Waals surface area (Å²) in [7, 11) is 0. The quantitative estimate of drug-likeness (QED) is 0.200. The van der Waals surface area contributed by atoms with E-state index in [2.05, 4.69) is 18.8 Å². The number of rotatable bonds is 15. The maximum atomic E-state index is 12.8. The van der Waals surface area contributed by atoms with Crippen LogP contribution in [0.4, 0.5) is 0 Å². The van der Waals surface area contributed by atoms with Crippen LogP contribution in [0.3, 0.4) is 0 Å². The van der Waals surface area contributed by atoms with Crippen molar-refractivity contribution >= 4 is 11.9 Å². The highest BCUT2D eigenvalue weighted by molar-refractivity contribution is 5.94. The summed E-state index contributed by atoms with van der Waals surface area (Å²) in [4.78, 5) is 24.7. The van der Waals surface area contributed by atoms with E-state index in [4.69, 9.17) is 4.74 Å². The molecule has 0 radical (unpaired) electrons. The summed E-state index contributed by atoms with van der Waals surface area (Å²) in [6.07, 6.45) is 9.33. The Labute approximate surface area is 192 Å². The van der Waals surface area contributed by atoms with E-state index in [1.165, 1.54) is 6.07 Å². The number of benzene rings is 1. The molecule has 2 unspecified atom stereocenters. The zero-order valence-corrected chi connectivity index (χ0v) is 19.7. The van der Waals surface area contributed by atoms with Crippen LogP contribution in [0.5, 0.6) is 5.75 Å². The Kier molecular flexibility index (Phi) is 13.1. The molecule has 0 bridgehead atoms. The zero-order chi connectivity index (χ0) is 23.9. The van der Waals surface area contributed by atoms with Crippen LogP contribution < -0.4 is 5.32 Å². The van der Waals surface area contributed by atoms with Gasteiger partial charge < -0.3 is 20.3 Å². The van der Waals surface area contributed by atoms with Crippen LogP contribution in [-0.2, 0) is 16.0 Å². The number of amides is 1. The number of carbonyl (C=O) groups excluding carboxylic acids is 2. The van der Waals surface area contributed by atoms with Crippen LogP contribution in [0.1, 0.15) is 81.6 Å². The molecule has 1 rings (SSSR count). The molecule has 0 aliphatic carbocycles. The molecular weight excluding hydrogens is 406 g/mol. The molecule has 1 aromatic rings. The smallest absolute Gasteiger partial charge is 0.342 e. The number of carbonyl (C=O) groups is 2. The summed E-state index contributed by atoms with van der Waals surface area (Å²) in [5.41, 5.74) is 0.736. The molecule has 178 valence electrons. The number of allylic oxidation sites excluding steroid dienone is 1. The summed E-state index contributed by atoms with van der Waals surface area (Å²) >= 11 is 0. The molecule has 0 fully saturated rings. The lowest BCUT2D eigenvalue weighted by molar-refractivity contribution is -0.120. The van der Waals surface area contributed by atoms with Crippen molar-refractivity contribution in [3.05, 3.63) is 54.3 Å². The maximum Gasteiger partial charge on any atom is 0.342 e. The number of aliphatic hydroxyl groups is 1. The average Bonchev–Trinajstić information content (AvgIpc) is 2.74. The van der Waals surface area contributed by atoms with Crippen molar-refractivity contribution in [2.24, 2.45) is 5.92 Å². The van der Waals surface area contributed by atoms with Gasteiger partial charge in [-0.3, -0.25) is 4.79 Å². The highest BCUT2D eigenvalue weighted by atomic mass is 16.5. The molecule has 32 heavy (non-hydrogen) atoms. The second-order valence-corrected chi connectivity index (χ2v) is 8.39. The number of aromatic hydroxyl groups is 1. The minimum atomic E-state index is -0.647. The van der Waals surface area contributed by atoms with Crippen LogP contribution in [0, 0.1) is 5.92 Å². The minimum absolute atomic E-state index is 0.00413. The molecule has 1 aromatic carbocycles. The normalized spacial score (nSPS) is 13.2. The Bertz CT molecular complexity index is 757. The van der Waals surface area contributed by atoms with Gasteiger partial charge in [-0.15, -0.1) is 6.58 Å². The fourth-order valence-corrected chi connectivity index (χ4v) is 3.25. The topological polar surface area (TPSA) is 95.9 Å². The molecule has 1 amide bonds.